The summed E-state index contributed by atoms with van der Waals surface area (Å²) in [4.78, 5) is 47.9. The van der Waals surface area contributed by atoms with E-state index in [1.165, 1.54) is 11.0 Å². The van der Waals surface area contributed by atoms with Gasteiger partial charge in [0, 0.05) is 19.5 Å². The first-order valence-corrected chi connectivity index (χ1v) is 12.4. The number of rotatable bonds is 7. The van der Waals surface area contributed by atoms with Crippen molar-refractivity contribution >= 4 is 19.6 Å². The van der Waals surface area contributed by atoms with E-state index in [4.69, 9.17) is 4.74 Å². The van der Waals surface area contributed by atoms with Gasteiger partial charge in [0.15, 0.2) is 0 Å². The van der Waals surface area contributed by atoms with Gasteiger partial charge < -0.3 is 29.4 Å². The predicted molar refractivity (Wildman–Crippen MR) is 121 cm³/mol. The number of amides is 2. The Kier molecular flexibility index (Phi) is 7.79. The van der Waals surface area contributed by atoms with Crippen LogP contribution in [0.15, 0.2) is 48.5 Å². The first-order chi connectivity index (χ1) is 15.5. The second-order valence-corrected chi connectivity index (χ2v) is 10.2. The van der Waals surface area contributed by atoms with E-state index in [2.05, 4.69) is 0 Å². The summed E-state index contributed by atoms with van der Waals surface area (Å²) in [5, 5.41) is 9.86. The van der Waals surface area contributed by atoms with Gasteiger partial charge in [-0.2, -0.15) is 0 Å². The highest BCUT2D eigenvalue weighted by Crippen LogP contribution is 2.36. The summed E-state index contributed by atoms with van der Waals surface area (Å²) in [5.74, 6) is -0.618. The molecule has 0 saturated carbocycles. The largest absolute Gasteiger partial charge is 0.508 e. The van der Waals surface area contributed by atoms with E-state index in [9.17, 15) is 29.0 Å². The van der Waals surface area contributed by atoms with Crippen LogP contribution in [0.4, 0.5) is 4.79 Å². The third kappa shape index (κ3) is 6.81. The SMILES string of the molecule is CC(C)CN(CP(=O)(O)O)C(=O)N1Cc2ccc(O)cc2CC1C(=O)OCc1ccccc1. The summed E-state index contributed by atoms with van der Waals surface area (Å²) in [7, 11) is -4.52. The van der Waals surface area contributed by atoms with Crippen molar-refractivity contribution in [2.75, 3.05) is 12.8 Å². The zero-order valence-electron chi connectivity index (χ0n) is 18.6. The van der Waals surface area contributed by atoms with E-state index in [0.29, 0.717) is 5.56 Å². The number of fused-ring (bicyclic) bond motifs is 1. The van der Waals surface area contributed by atoms with E-state index in [1.807, 2.05) is 44.2 Å². The Hall–Kier alpha value is -2.87. The van der Waals surface area contributed by atoms with Gasteiger partial charge in [-0.1, -0.05) is 50.2 Å². The molecule has 0 aliphatic carbocycles. The van der Waals surface area contributed by atoms with Crippen LogP contribution in [0.3, 0.4) is 0 Å². The van der Waals surface area contributed by atoms with Crippen LogP contribution in [0.5, 0.6) is 5.75 Å². The predicted octanol–water partition coefficient (Wildman–Crippen LogP) is 3.08. The molecule has 0 fully saturated rings. The van der Waals surface area contributed by atoms with Gasteiger partial charge in [0.1, 0.15) is 24.7 Å². The fourth-order valence-corrected chi connectivity index (χ4v) is 4.53. The van der Waals surface area contributed by atoms with Crippen molar-refractivity contribution < 1.29 is 33.8 Å². The maximum atomic E-state index is 13.4. The fraction of sp³-hybridized carbons (Fsp3) is 0.391. The highest BCUT2D eigenvalue weighted by molar-refractivity contribution is 7.51. The second-order valence-electron chi connectivity index (χ2n) is 8.60. The molecule has 3 N–H and O–H groups in total. The molecule has 1 aliphatic heterocycles. The van der Waals surface area contributed by atoms with Gasteiger partial charge in [-0.05, 0) is 34.7 Å². The van der Waals surface area contributed by atoms with Gasteiger partial charge >= 0.3 is 19.6 Å². The average Bonchev–Trinajstić information content (AvgIpc) is 2.75. The number of carbonyl (C=O) groups is 2. The van der Waals surface area contributed by atoms with Crippen molar-refractivity contribution in [3.8, 4) is 5.75 Å². The molecule has 0 aromatic heterocycles. The number of nitrogens with zero attached hydrogens (tertiary/aromatic N) is 2. The lowest BCUT2D eigenvalue weighted by Crippen LogP contribution is -2.54. The molecule has 1 heterocycles. The van der Waals surface area contributed by atoms with Gasteiger partial charge in [0.25, 0.3) is 0 Å². The highest BCUT2D eigenvalue weighted by atomic mass is 31.2. The quantitative estimate of drug-likeness (QED) is 0.414. The lowest BCUT2D eigenvalue weighted by Gasteiger charge is -2.39. The molecule has 0 bridgehead atoms. The Morgan fingerprint density at radius 1 is 1.15 bits per heavy atom. The molecule has 1 unspecified atom stereocenters. The molecule has 1 aliphatic rings. The summed E-state index contributed by atoms with van der Waals surface area (Å²) in [6, 6.07) is 12.2. The van der Waals surface area contributed by atoms with Gasteiger partial charge in [0.05, 0.1) is 0 Å². The van der Waals surface area contributed by atoms with Gasteiger partial charge in [-0.15, -0.1) is 0 Å². The van der Waals surface area contributed by atoms with Crippen LogP contribution in [0.2, 0.25) is 0 Å². The third-order valence-corrected chi connectivity index (χ3v) is 5.98. The van der Waals surface area contributed by atoms with Crippen molar-refractivity contribution in [2.24, 2.45) is 5.92 Å². The lowest BCUT2D eigenvalue weighted by atomic mass is 9.94. The molecule has 2 amide bonds. The van der Waals surface area contributed by atoms with Crippen molar-refractivity contribution in [1.82, 2.24) is 9.80 Å². The van der Waals surface area contributed by atoms with Crippen LogP contribution in [-0.2, 0) is 33.7 Å². The number of carbonyl (C=O) groups excluding carboxylic acids is 2. The van der Waals surface area contributed by atoms with Crippen LogP contribution < -0.4 is 0 Å². The summed E-state index contributed by atoms with van der Waals surface area (Å²) in [6.45, 7) is 3.87. The Balaban J connectivity index is 1.88. The average molecular weight is 476 g/mol. The minimum absolute atomic E-state index is 0.0310. The Bertz CT molecular complexity index is 1040. The highest BCUT2D eigenvalue weighted by Gasteiger charge is 2.39. The zero-order valence-corrected chi connectivity index (χ0v) is 19.5. The molecule has 10 heteroatoms. The third-order valence-electron chi connectivity index (χ3n) is 5.27. The van der Waals surface area contributed by atoms with Crippen molar-refractivity contribution in [3.05, 3.63) is 65.2 Å². The molecule has 3 rings (SSSR count). The maximum Gasteiger partial charge on any atom is 0.344 e. The number of phenols is 1. The standard InChI is InChI=1S/C23H29N2O7P/c1-16(2)12-24(15-33(29,30)31)23(28)25-13-18-8-9-20(26)10-19(18)11-21(25)22(27)32-14-17-6-4-3-5-7-17/h3-10,16,21,26H,11-15H2,1-2H3,(H2,29,30,31). The molecule has 9 nitrogen and oxygen atoms in total. The van der Waals surface area contributed by atoms with Crippen LogP contribution >= 0.6 is 7.60 Å². The lowest BCUT2D eigenvalue weighted by molar-refractivity contribution is -0.151. The van der Waals surface area contributed by atoms with E-state index in [0.717, 1.165) is 16.0 Å². The number of aromatic hydroxyl groups is 1. The van der Waals surface area contributed by atoms with Crippen LogP contribution in [0.1, 0.15) is 30.5 Å². The first kappa shape index (κ1) is 24.8. The number of esters is 1. The second kappa shape index (κ2) is 10.4. The molecule has 0 radical (unpaired) electrons. The number of ether oxygens (including phenoxy) is 1. The van der Waals surface area contributed by atoms with Crippen molar-refractivity contribution in [1.29, 1.82) is 0 Å². The molecule has 178 valence electrons. The topological polar surface area (TPSA) is 128 Å². The Morgan fingerprint density at radius 3 is 2.48 bits per heavy atom. The molecule has 2 aromatic rings. The summed E-state index contributed by atoms with van der Waals surface area (Å²) in [6.07, 6.45) is -0.622. The van der Waals surface area contributed by atoms with E-state index < -0.39 is 31.9 Å². The summed E-state index contributed by atoms with van der Waals surface area (Å²) in [5.41, 5.74) is 2.25. The molecule has 2 aromatic carbocycles. The molecular weight excluding hydrogens is 447 g/mol. The fourth-order valence-electron chi connectivity index (χ4n) is 3.85. The molecular formula is C23H29N2O7P. The molecule has 0 spiro atoms. The number of hydrogen-bond donors (Lipinski definition) is 3. The minimum Gasteiger partial charge on any atom is -0.508 e. The van der Waals surface area contributed by atoms with E-state index in [-0.39, 0.29) is 37.8 Å². The van der Waals surface area contributed by atoms with E-state index >= 15 is 0 Å². The van der Waals surface area contributed by atoms with Crippen LogP contribution in [0, 0.1) is 5.92 Å². The Labute approximate surface area is 192 Å². The summed E-state index contributed by atoms with van der Waals surface area (Å²) < 4.78 is 17.2. The minimum atomic E-state index is -4.52. The van der Waals surface area contributed by atoms with Gasteiger partial charge in [-0.25, -0.2) is 9.59 Å². The molecule has 0 saturated heterocycles. The van der Waals surface area contributed by atoms with E-state index in [1.54, 1.807) is 12.1 Å². The smallest absolute Gasteiger partial charge is 0.344 e. The number of phenolic OH excluding ortho intramolecular Hbond substituents is 1. The molecule has 33 heavy (non-hydrogen) atoms. The number of urea groups is 1. The maximum absolute atomic E-state index is 13.4. The number of hydrogen-bond acceptors (Lipinski definition) is 5. The monoisotopic (exact) mass is 476 g/mol. The van der Waals surface area contributed by atoms with Gasteiger partial charge in [0.2, 0.25) is 0 Å². The van der Waals surface area contributed by atoms with Crippen molar-refractivity contribution in [2.45, 2.75) is 39.5 Å². The van der Waals surface area contributed by atoms with Crippen LogP contribution in [0.25, 0.3) is 0 Å². The normalized spacial score (nSPS) is 15.8. The zero-order chi connectivity index (χ0) is 24.2. The van der Waals surface area contributed by atoms with Crippen molar-refractivity contribution in [3.63, 3.8) is 0 Å². The van der Waals surface area contributed by atoms with Gasteiger partial charge in [-0.3, -0.25) is 4.57 Å². The first-order valence-electron chi connectivity index (χ1n) is 10.6. The Morgan fingerprint density at radius 2 is 1.85 bits per heavy atom. The number of benzene rings is 2. The van der Waals surface area contributed by atoms with Crippen LogP contribution in [-0.4, -0.2) is 55.6 Å². The molecule has 1 atom stereocenters. The summed E-state index contributed by atoms with van der Waals surface area (Å²) >= 11 is 0.